The molecular formula is C27H13BrN4. The Balaban J connectivity index is 1.86. The van der Waals surface area contributed by atoms with E-state index < -0.39 is 0 Å². The summed E-state index contributed by atoms with van der Waals surface area (Å²) in [5.74, 6) is 0. The summed E-state index contributed by atoms with van der Waals surface area (Å²) in [4.78, 5) is 3.58. The van der Waals surface area contributed by atoms with Crippen LogP contribution in [-0.2, 0) is 0 Å². The van der Waals surface area contributed by atoms with Gasteiger partial charge in [0.2, 0.25) is 0 Å². The Morgan fingerprint density at radius 3 is 2.31 bits per heavy atom. The van der Waals surface area contributed by atoms with E-state index in [1.807, 2.05) is 60.7 Å². The molecule has 0 spiro atoms. The molecule has 5 aromatic rings. The molecule has 148 valence electrons. The van der Waals surface area contributed by atoms with Crippen LogP contribution in [0.15, 0.2) is 83.3 Å². The summed E-state index contributed by atoms with van der Waals surface area (Å²) in [6.07, 6.45) is 0. The summed E-state index contributed by atoms with van der Waals surface area (Å²) in [5, 5.41) is 20.8. The molecule has 0 saturated heterocycles. The van der Waals surface area contributed by atoms with E-state index in [1.165, 1.54) is 0 Å². The highest BCUT2D eigenvalue weighted by Gasteiger charge is 2.15. The van der Waals surface area contributed by atoms with Crippen molar-refractivity contribution < 1.29 is 0 Å². The molecule has 0 N–H and O–H groups in total. The molecule has 0 aliphatic carbocycles. The van der Waals surface area contributed by atoms with Crippen molar-refractivity contribution in [3.8, 4) is 29.0 Å². The number of aromatic nitrogens is 1. The Morgan fingerprint density at radius 2 is 1.56 bits per heavy atom. The molecule has 0 aliphatic rings. The maximum atomic E-state index is 9.57. The van der Waals surface area contributed by atoms with Gasteiger partial charge in [-0.25, -0.2) is 4.85 Å². The van der Waals surface area contributed by atoms with E-state index in [-0.39, 0.29) is 0 Å². The van der Waals surface area contributed by atoms with Crippen LogP contribution in [0.4, 0.5) is 5.69 Å². The van der Waals surface area contributed by atoms with Crippen LogP contribution >= 0.6 is 15.9 Å². The van der Waals surface area contributed by atoms with E-state index in [9.17, 15) is 10.5 Å². The van der Waals surface area contributed by atoms with Gasteiger partial charge in [0.05, 0.1) is 40.9 Å². The third-order valence-corrected chi connectivity index (χ3v) is 5.96. The van der Waals surface area contributed by atoms with Crippen LogP contribution in [0.25, 0.3) is 43.5 Å². The number of hydrogen-bond donors (Lipinski definition) is 0. The van der Waals surface area contributed by atoms with Gasteiger partial charge in [0.25, 0.3) is 0 Å². The van der Waals surface area contributed by atoms with Crippen molar-refractivity contribution in [3.05, 3.63) is 106 Å². The van der Waals surface area contributed by atoms with Gasteiger partial charge in [0.15, 0.2) is 5.69 Å². The van der Waals surface area contributed by atoms with Crippen molar-refractivity contribution in [2.24, 2.45) is 0 Å². The van der Waals surface area contributed by atoms with Crippen LogP contribution in [0.3, 0.4) is 0 Å². The average molecular weight is 473 g/mol. The second kappa shape index (κ2) is 7.71. The van der Waals surface area contributed by atoms with Crippen molar-refractivity contribution in [3.63, 3.8) is 0 Å². The lowest BCUT2D eigenvalue weighted by Gasteiger charge is -2.12. The first kappa shape index (κ1) is 19.6. The lowest BCUT2D eigenvalue weighted by atomic mass is 10.00. The van der Waals surface area contributed by atoms with Crippen LogP contribution < -0.4 is 0 Å². The lowest BCUT2D eigenvalue weighted by Crippen LogP contribution is -1.95. The molecule has 4 aromatic carbocycles. The van der Waals surface area contributed by atoms with E-state index in [0.717, 1.165) is 43.1 Å². The molecule has 0 unspecified atom stereocenters. The Morgan fingerprint density at radius 1 is 0.812 bits per heavy atom. The fourth-order valence-corrected chi connectivity index (χ4v) is 4.60. The van der Waals surface area contributed by atoms with Crippen LogP contribution in [0.1, 0.15) is 11.1 Å². The fourth-order valence-electron chi connectivity index (χ4n) is 4.12. The van der Waals surface area contributed by atoms with Gasteiger partial charge in [-0.2, -0.15) is 10.5 Å². The van der Waals surface area contributed by atoms with E-state index >= 15 is 0 Å². The molecule has 5 rings (SSSR count). The van der Waals surface area contributed by atoms with Gasteiger partial charge in [0.1, 0.15) is 0 Å². The molecule has 32 heavy (non-hydrogen) atoms. The maximum Gasteiger partial charge on any atom is 0.188 e. The number of rotatable bonds is 2. The van der Waals surface area contributed by atoms with Gasteiger partial charge in [-0.15, -0.1) is 0 Å². The number of nitrogens with zero attached hydrogens (tertiary/aromatic N) is 4. The number of nitriles is 2. The zero-order valence-electron chi connectivity index (χ0n) is 16.7. The molecule has 0 fully saturated rings. The molecule has 5 heteroatoms. The Kier molecular flexibility index (Phi) is 4.72. The van der Waals surface area contributed by atoms with Gasteiger partial charge in [-0.05, 0) is 71.1 Å². The van der Waals surface area contributed by atoms with Gasteiger partial charge in [0, 0.05) is 15.5 Å². The Labute approximate surface area is 193 Å². The van der Waals surface area contributed by atoms with E-state index in [2.05, 4.69) is 43.5 Å². The molecule has 1 aromatic heterocycles. The summed E-state index contributed by atoms with van der Waals surface area (Å²) < 4.78 is 3.02. The molecule has 0 radical (unpaired) electrons. The van der Waals surface area contributed by atoms with Gasteiger partial charge >= 0.3 is 0 Å². The molecule has 0 aliphatic heterocycles. The largest absolute Gasteiger partial charge is 0.309 e. The SMILES string of the molecule is [C-]#[N+]c1ccc2c(c1)c1cc(C#N)ccc1n2-c1cc(Br)cc(-c2ccccc2C#N)c1. The van der Waals surface area contributed by atoms with Crippen molar-refractivity contribution in [2.75, 3.05) is 0 Å². The normalized spacial score (nSPS) is 10.6. The third kappa shape index (κ3) is 3.12. The second-order valence-corrected chi connectivity index (χ2v) is 8.26. The van der Waals surface area contributed by atoms with Crippen molar-refractivity contribution in [1.82, 2.24) is 4.57 Å². The van der Waals surface area contributed by atoms with Crippen molar-refractivity contribution in [2.45, 2.75) is 0 Å². The Hall–Kier alpha value is -4.37. The molecular weight excluding hydrogens is 460 g/mol. The molecule has 4 nitrogen and oxygen atoms in total. The molecule has 0 atom stereocenters. The number of fused-ring (bicyclic) bond motifs is 3. The minimum atomic E-state index is 0.553. The highest BCUT2D eigenvalue weighted by atomic mass is 79.9. The molecule has 0 saturated carbocycles. The highest BCUT2D eigenvalue weighted by Crippen LogP contribution is 2.37. The molecule has 0 amide bonds. The first-order valence-electron chi connectivity index (χ1n) is 9.79. The third-order valence-electron chi connectivity index (χ3n) is 5.51. The van der Waals surface area contributed by atoms with Crippen molar-refractivity contribution in [1.29, 1.82) is 10.5 Å². The van der Waals surface area contributed by atoms with E-state index in [1.54, 1.807) is 12.1 Å². The minimum absolute atomic E-state index is 0.553. The first-order chi connectivity index (χ1) is 15.6. The van der Waals surface area contributed by atoms with Gasteiger partial charge in [-0.1, -0.05) is 40.2 Å². The fraction of sp³-hybridized carbons (Fsp3) is 0. The second-order valence-electron chi connectivity index (χ2n) is 7.35. The van der Waals surface area contributed by atoms with E-state index in [0.29, 0.717) is 16.8 Å². The topological polar surface area (TPSA) is 56.9 Å². The zero-order valence-corrected chi connectivity index (χ0v) is 18.3. The smallest absolute Gasteiger partial charge is 0.188 e. The first-order valence-corrected chi connectivity index (χ1v) is 10.6. The van der Waals surface area contributed by atoms with E-state index in [4.69, 9.17) is 6.57 Å². The van der Waals surface area contributed by atoms with Gasteiger partial charge in [-0.3, -0.25) is 0 Å². The number of hydrogen-bond acceptors (Lipinski definition) is 2. The molecule has 1 heterocycles. The summed E-state index contributed by atoms with van der Waals surface area (Å²) in [5.41, 5.74) is 6.33. The summed E-state index contributed by atoms with van der Waals surface area (Å²) in [6, 6.07) is 29.3. The predicted octanol–water partition coefficient (Wildman–Crippen LogP) is 7.51. The van der Waals surface area contributed by atoms with Crippen LogP contribution in [0, 0.1) is 29.2 Å². The minimum Gasteiger partial charge on any atom is -0.309 e. The van der Waals surface area contributed by atoms with Crippen molar-refractivity contribution >= 4 is 43.4 Å². The number of benzene rings is 4. The quantitative estimate of drug-likeness (QED) is 0.249. The molecule has 0 bridgehead atoms. The Bertz CT molecular complexity index is 1600. The monoisotopic (exact) mass is 472 g/mol. The maximum absolute atomic E-state index is 9.57. The van der Waals surface area contributed by atoms with Crippen LogP contribution in [0.2, 0.25) is 0 Å². The summed E-state index contributed by atoms with van der Waals surface area (Å²) in [7, 11) is 0. The summed E-state index contributed by atoms with van der Waals surface area (Å²) in [6.45, 7) is 7.40. The lowest BCUT2D eigenvalue weighted by molar-refractivity contribution is 1.18. The number of halogens is 1. The predicted molar refractivity (Wildman–Crippen MR) is 130 cm³/mol. The van der Waals surface area contributed by atoms with Gasteiger partial charge < -0.3 is 4.57 Å². The average Bonchev–Trinajstić information content (AvgIpc) is 3.16. The summed E-state index contributed by atoms with van der Waals surface area (Å²) >= 11 is 3.64. The standard InChI is InChI=1S/C27H13BrN4/c1-31-21-7-9-27-25(14-21)24-10-17(15-29)6-8-26(24)32(27)22-12-19(11-20(28)13-22)23-5-3-2-4-18(23)16-30/h2-14H. The zero-order chi connectivity index (χ0) is 22.2. The van der Waals surface area contributed by atoms with Crippen LogP contribution in [0.5, 0.6) is 0 Å². The van der Waals surface area contributed by atoms with Crippen LogP contribution in [-0.4, -0.2) is 4.57 Å². The highest BCUT2D eigenvalue weighted by molar-refractivity contribution is 9.10.